The number of hydrogen-bond acceptors (Lipinski definition) is 5. The molecule has 0 saturated heterocycles. The van der Waals surface area contributed by atoms with Crippen molar-refractivity contribution in [1.82, 2.24) is 19.9 Å². The molecule has 112 valence electrons. The highest BCUT2D eigenvalue weighted by Gasteiger charge is 2.06. The van der Waals surface area contributed by atoms with E-state index >= 15 is 0 Å². The average molecular weight is 294 g/mol. The molecule has 2 aromatic heterocycles. The Bertz CT molecular complexity index is 753. The Hall–Kier alpha value is -2.53. The van der Waals surface area contributed by atoms with Crippen LogP contribution in [-0.2, 0) is 13.1 Å². The predicted octanol–water partition coefficient (Wildman–Crippen LogP) is 2.67. The van der Waals surface area contributed by atoms with E-state index in [9.17, 15) is 0 Å². The molecular weight excluding hydrogens is 276 g/mol. The van der Waals surface area contributed by atoms with E-state index in [2.05, 4.69) is 45.1 Å². The smallest absolute Gasteiger partial charge is 0.316 e. The van der Waals surface area contributed by atoms with E-state index in [0.29, 0.717) is 6.01 Å². The second-order valence-corrected chi connectivity index (χ2v) is 5.24. The van der Waals surface area contributed by atoms with Crippen molar-refractivity contribution in [3.05, 3.63) is 60.0 Å². The molecule has 0 bridgehead atoms. The van der Waals surface area contributed by atoms with Gasteiger partial charge in [-0.2, -0.15) is 0 Å². The van der Waals surface area contributed by atoms with Gasteiger partial charge >= 0.3 is 6.01 Å². The van der Waals surface area contributed by atoms with E-state index in [0.717, 1.165) is 24.2 Å². The number of fused-ring (bicyclic) bond motifs is 1. The van der Waals surface area contributed by atoms with Crippen LogP contribution in [0, 0.1) is 0 Å². The molecule has 0 atom stereocenters. The molecule has 5 nitrogen and oxygen atoms in total. The van der Waals surface area contributed by atoms with Crippen molar-refractivity contribution in [3.8, 4) is 6.01 Å². The van der Waals surface area contributed by atoms with Crippen molar-refractivity contribution >= 4 is 10.9 Å². The van der Waals surface area contributed by atoms with Gasteiger partial charge in [0.2, 0.25) is 0 Å². The molecule has 0 spiro atoms. The average Bonchev–Trinajstić information content (AvgIpc) is 2.56. The normalized spacial score (nSPS) is 11.0. The van der Waals surface area contributed by atoms with E-state index < -0.39 is 0 Å². The van der Waals surface area contributed by atoms with Crippen molar-refractivity contribution in [2.24, 2.45) is 0 Å². The summed E-state index contributed by atoms with van der Waals surface area (Å²) >= 11 is 0. The molecular formula is C17H18N4O. The zero-order valence-electron chi connectivity index (χ0n) is 12.7. The zero-order chi connectivity index (χ0) is 15.4. The molecule has 3 aromatic rings. The summed E-state index contributed by atoms with van der Waals surface area (Å²) in [6, 6.07) is 10.7. The number of benzene rings is 1. The van der Waals surface area contributed by atoms with Gasteiger partial charge in [-0.15, -0.1) is 0 Å². The molecule has 0 unspecified atom stereocenters. The van der Waals surface area contributed by atoms with Crippen LogP contribution in [0.25, 0.3) is 10.9 Å². The Balaban J connectivity index is 1.73. The Morgan fingerprint density at radius 2 is 1.82 bits per heavy atom. The maximum absolute atomic E-state index is 4.98. The summed E-state index contributed by atoms with van der Waals surface area (Å²) < 4.78 is 4.98. The number of pyridine rings is 1. The van der Waals surface area contributed by atoms with Gasteiger partial charge in [-0.25, -0.2) is 9.97 Å². The lowest BCUT2D eigenvalue weighted by Crippen LogP contribution is -2.17. The summed E-state index contributed by atoms with van der Waals surface area (Å²) in [6.45, 7) is 1.62. The van der Waals surface area contributed by atoms with Gasteiger partial charge in [0, 0.05) is 42.6 Å². The molecule has 0 aliphatic carbocycles. The van der Waals surface area contributed by atoms with Gasteiger partial charge in [0.05, 0.1) is 12.6 Å². The first-order valence-electron chi connectivity index (χ1n) is 7.12. The van der Waals surface area contributed by atoms with Crippen molar-refractivity contribution < 1.29 is 4.74 Å². The summed E-state index contributed by atoms with van der Waals surface area (Å²) in [5.41, 5.74) is 3.35. The first-order valence-corrected chi connectivity index (χ1v) is 7.12. The molecule has 0 aliphatic heterocycles. The molecule has 0 aliphatic rings. The second kappa shape index (κ2) is 6.49. The molecule has 1 aromatic carbocycles. The number of hydrogen-bond donors (Lipinski definition) is 0. The van der Waals surface area contributed by atoms with Crippen molar-refractivity contribution in [3.63, 3.8) is 0 Å². The lowest BCUT2D eigenvalue weighted by molar-refractivity contribution is 0.318. The third-order valence-electron chi connectivity index (χ3n) is 3.49. The molecule has 0 fully saturated rings. The molecule has 0 amide bonds. The third-order valence-corrected chi connectivity index (χ3v) is 3.49. The van der Waals surface area contributed by atoms with Gasteiger partial charge in [-0.1, -0.05) is 18.2 Å². The minimum Gasteiger partial charge on any atom is -0.467 e. The molecule has 5 heteroatoms. The lowest BCUT2D eigenvalue weighted by Gasteiger charge is -2.17. The monoisotopic (exact) mass is 294 g/mol. The lowest BCUT2D eigenvalue weighted by atomic mass is 10.1. The highest BCUT2D eigenvalue weighted by molar-refractivity contribution is 5.81. The molecule has 2 heterocycles. The largest absolute Gasteiger partial charge is 0.467 e. The van der Waals surface area contributed by atoms with Gasteiger partial charge < -0.3 is 4.74 Å². The fraction of sp³-hybridized carbons (Fsp3) is 0.235. The van der Waals surface area contributed by atoms with Gasteiger partial charge in [0.25, 0.3) is 0 Å². The summed E-state index contributed by atoms with van der Waals surface area (Å²) in [7, 11) is 3.65. The van der Waals surface area contributed by atoms with Crippen LogP contribution in [0.5, 0.6) is 6.01 Å². The molecule has 0 N–H and O–H groups in total. The number of aromatic nitrogens is 3. The Kier molecular flexibility index (Phi) is 4.25. The minimum absolute atomic E-state index is 0.395. The van der Waals surface area contributed by atoms with Crippen LogP contribution in [0.15, 0.2) is 48.9 Å². The molecule has 0 saturated carbocycles. The molecule has 0 radical (unpaired) electrons. The molecule has 3 rings (SSSR count). The summed E-state index contributed by atoms with van der Waals surface area (Å²) in [5, 5.41) is 1.20. The van der Waals surface area contributed by atoms with E-state index in [1.807, 2.05) is 18.3 Å². The van der Waals surface area contributed by atoms with Crippen LogP contribution in [-0.4, -0.2) is 34.0 Å². The first kappa shape index (κ1) is 14.4. The van der Waals surface area contributed by atoms with E-state index in [1.54, 1.807) is 19.5 Å². The van der Waals surface area contributed by atoms with Crippen LogP contribution >= 0.6 is 0 Å². The Morgan fingerprint density at radius 1 is 1.00 bits per heavy atom. The predicted molar refractivity (Wildman–Crippen MR) is 85.5 cm³/mol. The number of rotatable bonds is 5. The summed E-state index contributed by atoms with van der Waals surface area (Å²) in [4.78, 5) is 14.9. The standard InChI is InChI=1S/C17H18N4O/c1-21(11-13-9-19-17(22-2)20-10-13)12-14-5-3-7-16-15(14)6-4-8-18-16/h3-10H,11-12H2,1-2H3. The highest BCUT2D eigenvalue weighted by Crippen LogP contribution is 2.18. The highest BCUT2D eigenvalue weighted by atomic mass is 16.5. The second-order valence-electron chi connectivity index (χ2n) is 5.24. The number of nitrogens with zero attached hydrogens (tertiary/aromatic N) is 4. The number of ether oxygens (including phenoxy) is 1. The van der Waals surface area contributed by atoms with Crippen molar-refractivity contribution in [2.75, 3.05) is 14.2 Å². The maximum atomic E-state index is 4.98. The SMILES string of the molecule is COc1ncc(CN(C)Cc2cccc3ncccc23)cn1. The Morgan fingerprint density at radius 3 is 2.59 bits per heavy atom. The van der Waals surface area contributed by atoms with Crippen molar-refractivity contribution in [2.45, 2.75) is 13.1 Å². The van der Waals surface area contributed by atoms with Crippen molar-refractivity contribution in [1.29, 1.82) is 0 Å². The topological polar surface area (TPSA) is 51.1 Å². The van der Waals surface area contributed by atoms with Crippen LogP contribution in [0.3, 0.4) is 0 Å². The Labute approximate surface area is 129 Å². The van der Waals surface area contributed by atoms with Gasteiger partial charge in [-0.05, 0) is 24.7 Å². The third kappa shape index (κ3) is 3.20. The van der Waals surface area contributed by atoms with Gasteiger partial charge in [-0.3, -0.25) is 9.88 Å². The maximum Gasteiger partial charge on any atom is 0.316 e. The summed E-state index contributed by atoms with van der Waals surface area (Å²) in [6.07, 6.45) is 5.42. The van der Waals surface area contributed by atoms with Crippen LogP contribution in [0.2, 0.25) is 0 Å². The van der Waals surface area contributed by atoms with Crippen LogP contribution in [0.4, 0.5) is 0 Å². The van der Waals surface area contributed by atoms with Gasteiger partial charge in [0.15, 0.2) is 0 Å². The van der Waals surface area contributed by atoms with Gasteiger partial charge in [0.1, 0.15) is 0 Å². The fourth-order valence-corrected chi connectivity index (χ4v) is 2.49. The fourth-order valence-electron chi connectivity index (χ4n) is 2.49. The van der Waals surface area contributed by atoms with E-state index in [-0.39, 0.29) is 0 Å². The molecule has 22 heavy (non-hydrogen) atoms. The van der Waals surface area contributed by atoms with Crippen LogP contribution in [0.1, 0.15) is 11.1 Å². The minimum atomic E-state index is 0.395. The van der Waals surface area contributed by atoms with Crippen LogP contribution < -0.4 is 4.74 Å². The van der Waals surface area contributed by atoms with E-state index in [4.69, 9.17) is 4.74 Å². The summed E-state index contributed by atoms with van der Waals surface area (Å²) in [5.74, 6) is 0. The number of methoxy groups -OCH3 is 1. The first-order chi connectivity index (χ1) is 10.8. The zero-order valence-corrected chi connectivity index (χ0v) is 12.7. The quantitative estimate of drug-likeness (QED) is 0.724. The van der Waals surface area contributed by atoms with E-state index in [1.165, 1.54) is 10.9 Å².